The van der Waals surface area contributed by atoms with Crippen molar-refractivity contribution in [3.63, 3.8) is 0 Å². The van der Waals surface area contributed by atoms with Crippen molar-refractivity contribution in [1.82, 2.24) is 9.97 Å². The Balaban J connectivity index is 2.66. The molecule has 1 N–H and O–H groups in total. The van der Waals surface area contributed by atoms with Gasteiger partial charge >= 0.3 is 17.9 Å². The van der Waals surface area contributed by atoms with Crippen LogP contribution in [0, 0.1) is 0 Å². The number of aliphatic hydroxyl groups is 1. The number of rotatable bonds is 6. The molecular weight excluding hydrogens is 396 g/mol. The van der Waals surface area contributed by atoms with E-state index >= 15 is 0 Å². The first-order chi connectivity index (χ1) is 12.8. The van der Waals surface area contributed by atoms with E-state index in [9.17, 15) is 19.5 Å². The highest BCUT2D eigenvalue weighted by molar-refractivity contribution is 8.01. The Morgan fingerprint density at radius 3 is 2.52 bits per heavy atom. The first kappa shape index (κ1) is 21.5. The summed E-state index contributed by atoms with van der Waals surface area (Å²) < 4.78 is 15.2. The molecule has 0 aromatic carbocycles. The fourth-order valence-electron chi connectivity index (χ4n) is 2.53. The highest BCUT2D eigenvalue weighted by Crippen LogP contribution is 2.49. The maximum Gasteiger partial charge on any atom is 0.344 e. The van der Waals surface area contributed by atoms with Gasteiger partial charge < -0.3 is 19.3 Å². The van der Waals surface area contributed by atoms with Crippen LogP contribution in [-0.2, 0) is 28.6 Å². The number of esters is 3. The average molecular weight is 416 g/mol. The molecule has 0 aliphatic carbocycles. The van der Waals surface area contributed by atoms with E-state index in [1.165, 1.54) is 18.0 Å². The van der Waals surface area contributed by atoms with Gasteiger partial charge in [-0.1, -0.05) is 23.5 Å². The van der Waals surface area contributed by atoms with Gasteiger partial charge in [-0.2, -0.15) is 0 Å². The minimum absolute atomic E-state index is 0.0388. The van der Waals surface area contributed by atoms with Crippen LogP contribution in [0.25, 0.3) is 0 Å². The molecule has 0 bridgehead atoms. The second-order valence-corrected chi connectivity index (χ2v) is 7.27. The Kier molecular flexibility index (Phi) is 7.06. The summed E-state index contributed by atoms with van der Waals surface area (Å²) in [6, 6.07) is 0. The van der Waals surface area contributed by atoms with E-state index in [-0.39, 0.29) is 18.8 Å². The molecule has 3 unspecified atom stereocenters. The molecular formula is C16H20N2O7S2. The zero-order valence-corrected chi connectivity index (χ0v) is 16.9. The summed E-state index contributed by atoms with van der Waals surface area (Å²) in [5, 5.41) is 10.6. The van der Waals surface area contributed by atoms with E-state index in [2.05, 4.69) is 9.97 Å². The summed E-state index contributed by atoms with van der Waals surface area (Å²) in [7, 11) is 0. The van der Waals surface area contributed by atoms with Crippen LogP contribution in [0.4, 0.5) is 0 Å². The van der Waals surface area contributed by atoms with Crippen LogP contribution in [0.2, 0.25) is 0 Å². The van der Waals surface area contributed by atoms with Crippen molar-refractivity contribution < 1.29 is 33.7 Å². The van der Waals surface area contributed by atoms with Gasteiger partial charge in [-0.05, 0) is 20.1 Å². The van der Waals surface area contributed by atoms with Crippen molar-refractivity contribution in [3.8, 4) is 0 Å². The summed E-state index contributed by atoms with van der Waals surface area (Å²) in [4.78, 5) is 45.2. The summed E-state index contributed by atoms with van der Waals surface area (Å²) >= 11 is 2.12. The molecule has 0 radical (unpaired) electrons. The summed E-state index contributed by atoms with van der Waals surface area (Å²) in [5.41, 5.74) is -2.28. The van der Waals surface area contributed by atoms with Gasteiger partial charge in [0.2, 0.25) is 5.60 Å². The lowest BCUT2D eigenvalue weighted by molar-refractivity contribution is -0.193. The summed E-state index contributed by atoms with van der Waals surface area (Å²) in [6.45, 7) is 4.28. The first-order valence-electron chi connectivity index (χ1n) is 8.10. The Labute approximate surface area is 164 Å². The molecule has 0 saturated heterocycles. The van der Waals surface area contributed by atoms with Crippen LogP contribution >= 0.6 is 23.5 Å². The number of hydrogen-bond acceptors (Lipinski definition) is 11. The molecule has 1 aliphatic rings. The third kappa shape index (κ3) is 4.19. The quantitative estimate of drug-likeness (QED) is 0.236. The Morgan fingerprint density at radius 1 is 1.30 bits per heavy atom. The summed E-state index contributed by atoms with van der Waals surface area (Å²) in [5.74, 6) is -2.69. The second-order valence-electron chi connectivity index (χ2n) is 5.40. The Bertz CT molecular complexity index is 745. The van der Waals surface area contributed by atoms with E-state index in [4.69, 9.17) is 14.2 Å². The lowest BCUT2D eigenvalue weighted by Gasteiger charge is -2.41. The average Bonchev–Trinajstić information content (AvgIpc) is 2.63. The predicted molar refractivity (Wildman–Crippen MR) is 96.2 cm³/mol. The highest BCUT2D eigenvalue weighted by Gasteiger charge is 2.62. The monoisotopic (exact) mass is 416 g/mol. The lowest BCUT2D eigenvalue weighted by Crippen LogP contribution is -2.59. The molecule has 0 saturated carbocycles. The van der Waals surface area contributed by atoms with Gasteiger partial charge in [-0.25, -0.2) is 14.8 Å². The van der Waals surface area contributed by atoms with E-state index in [0.29, 0.717) is 10.2 Å². The van der Waals surface area contributed by atoms with Gasteiger partial charge in [0.25, 0.3) is 0 Å². The molecule has 1 aliphatic heterocycles. The fourth-order valence-corrected chi connectivity index (χ4v) is 4.16. The van der Waals surface area contributed by atoms with Crippen LogP contribution in [0.1, 0.15) is 32.4 Å². The van der Waals surface area contributed by atoms with Gasteiger partial charge in [0, 0.05) is 18.7 Å². The van der Waals surface area contributed by atoms with Crippen molar-refractivity contribution in [2.24, 2.45) is 0 Å². The zero-order valence-electron chi connectivity index (χ0n) is 15.3. The van der Waals surface area contributed by atoms with Gasteiger partial charge in [0.1, 0.15) is 5.03 Å². The normalized spacial score (nSPS) is 23.9. The Morgan fingerprint density at radius 2 is 1.96 bits per heavy atom. The predicted octanol–water partition coefficient (Wildman–Crippen LogP) is 1.13. The largest absolute Gasteiger partial charge is 0.465 e. The maximum absolute atomic E-state index is 12.6. The highest BCUT2D eigenvalue weighted by atomic mass is 32.2. The number of hydrogen-bond donors (Lipinski definition) is 1. The van der Waals surface area contributed by atoms with Gasteiger partial charge in [0.15, 0.2) is 16.5 Å². The number of fused-ring (bicyclic) bond motifs is 1. The number of carbonyl (C=O) groups excluding carboxylic acids is 3. The third-order valence-electron chi connectivity index (χ3n) is 3.64. The molecule has 1 aromatic heterocycles. The third-order valence-corrected chi connectivity index (χ3v) is 5.54. The molecule has 0 fully saturated rings. The second kappa shape index (κ2) is 8.89. The molecule has 0 amide bonds. The van der Waals surface area contributed by atoms with Gasteiger partial charge in [-0.3, -0.25) is 9.59 Å². The molecule has 0 spiro atoms. The van der Waals surface area contributed by atoms with Crippen LogP contribution in [0.5, 0.6) is 0 Å². The number of carbonyl (C=O) groups is 3. The molecule has 11 heteroatoms. The standard InChI is InChI=1S/C16H20N2O7S2/c1-5-23-13(20)11-16(22,14(21)24-6-2)10(25-8(3)19)9-7-17-15(26-4)18-12(9)27-11/h7,10-11,22H,5-6H2,1-4H3. The minimum atomic E-state index is -2.49. The van der Waals surface area contributed by atoms with Gasteiger partial charge in [-0.15, -0.1) is 0 Å². The molecule has 2 rings (SSSR count). The van der Waals surface area contributed by atoms with E-state index in [1.807, 2.05) is 0 Å². The van der Waals surface area contributed by atoms with Crippen molar-refractivity contribution in [1.29, 1.82) is 0 Å². The molecule has 1 aromatic rings. The van der Waals surface area contributed by atoms with E-state index in [0.717, 1.165) is 18.7 Å². The summed E-state index contributed by atoms with van der Waals surface area (Å²) in [6.07, 6.45) is 1.62. The molecule has 2 heterocycles. The van der Waals surface area contributed by atoms with Crippen LogP contribution in [0.3, 0.4) is 0 Å². The maximum atomic E-state index is 12.6. The van der Waals surface area contributed by atoms with E-state index < -0.39 is 34.9 Å². The SMILES string of the molecule is CCOC(=O)C1Sc2nc(SC)ncc2C(OC(C)=O)C1(O)C(=O)OCC. The van der Waals surface area contributed by atoms with Gasteiger partial charge in [0.05, 0.1) is 13.2 Å². The van der Waals surface area contributed by atoms with Crippen molar-refractivity contribution in [2.45, 2.75) is 47.9 Å². The van der Waals surface area contributed by atoms with Crippen molar-refractivity contribution in [2.75, 3.05) is 19.5 Å². The number of aromatic nitrogens is 2. The minimum Gasteiger partial charge on any atom is -0.465 e. The lowest BCUT2D eigenvalue weighted by atomic mass is 9.87. The topological polar surface area (TPSA) is 125 Å². The number of nitrogens with zero attached hydrogens (tertiary/aromatic N) is 2. The Hall–Kier alpha value is -1.85. The molecule has 9 nitrogen and oxygen atoms in total. The molecule has 3 atom stereocenters. The smallest absolute Gasteiger partial charge is 0.344 e. The first-order valence-corrected chi connectivity index (χ1v) is 10.2. The van der Waals surface area contributed by atoms with Crippen LogP contribution in [0.15, 0.2) is 16.4 Å². The van der Waals surface area contributed by atoms with Crippen molar-refractivity contribution in [3.05, 3.63) is 11.8 Å². The van der Waals surface area contributed by atoms with E-state index in [1.54, 1.807) is 20.1 Å². The van der Waals surface area contributed by atoms with Crippen LogP contribution in [-0.4, -0.2) is 63.3 Å². The molecule has 148 valence electrons. The number of ether oxygens (including phenoxy) is 3. The van der Waals surface area contributed by atoms with Crippen molar-refractivity contribution >= 4 is 41.4 Å². The zero-order chi connectivity index (χ0) is 20.2. The van der Waals surface area contributed by atoms with Crippen LogP contribution < -0.4 is 0 Å². The fraction of sp³-hybridized carbons (Fsp3) is 0.562. The number of thioether (sulfide) groups is 2. The molecule has 27 heavy (non-hydrogen) atoms.